The second-order valence-corrected chi connectivity index (χ2v) is 5.49. The average molecular weight is 292 g/mol. The van der Waals surface area contributed by atoms with E-state index in [0.717, 1.165) is 5.56 Å². The first-order chi connectivity index (χ1) is 10.0. The van der Waals surface area contributed by atoms with Crippen molar-refractivity contribution in [2.45, 2.75) is 31.4 Å². The minimum Gasteiger partial charge on any atom is -0.488 e. The second-order valence-electron chi connectivity index (χ2n) is 5.49. The predicted octanol–water partition coefficient (Wildman–Crippen LogP) is 0.866. The second kappa shape index (κ2) is 5.44. The zero-order valence-corrected chi connectivity index (χ0v) is 11.8. The first kappa shape index (κ1) is 14.0. The largest absolute Gasteiger partial charge is 0.488 e. The Morgan fingerprint density at radius 1 is 1.43 bits per heavy atom. The minimum atomic E-state index is -0.350. The first-order valence-electron chi connectivity index (χ1n) is 7.03. The Labute approximate surface area is 122 Å². The van der Waals surface area contributed by atoms with Crippen LogP contribution in [-0.2, 0) is 16.0 Å². The SMILES string of the molecule is CN1C(=O)CCC(NCC2Cc3cc(F)ccc3O2)C1=O. The molecule has 2 atom stereocenters. The number of amides is 2. The molecule has 2 heterocycles. The number of likely N-dealkylation sites (tertiary alicyclic amines) is 1. The normalized spacial score (nSPS) is 25.0. The monoisotopic (exact) mass is 292 g/mol. The lowest BCUT2D eigenvalue weighted by Gasteiger charge is -2.29. The summed E-state index contributed by atoms with van der Waals surface area (Å²) >= 11 is 0. The third kappa shape index (κ3) is 2.76. The van der Waals surface area contributed by atoms with Crippen molar-refractivity contribution in [3.8, 4) is 5.75 Å². The lowest BCUT2D eigenvalue weighted by atomic mass is 10.0. The van der Waals surface area contributed by atoms with E-state index in [1.54, 1.807) is 6.07 Å². The third-order valence-electron chi connectivity index (χ3n) is 4.01. The number of likely N-dealkylation sites (N-methyl/N-ethyl adjacent to an activating group) is 1. The molecule has 0 radical (unpaired) electrons. The number of halogens is 1. The Hall–Kier alpha value is -1.95. The van der Waals surface area contributed by atoms with Crippen LogP contribution in [-0.4, -0.2) is 42.5 Å². The molecular formula is C15H17FN2O3. The molecule has 0 spiro atoms. The van der Waals surface area contributed by atoms with Gasteiger partial charge in [-0.3, -0.25) is 14.5 Å². The molecule has 112 valence electrons. The van der Waals surface area contributed by atoms with E-state index in [-0.39, 0.29) is 29.8 Å². The van der Waals surface area contributed by atoms with E-state index in [1.807, 2.05) is 0 Å². The van der Waals surface area contributed by atoms with E-state index >= 15 is 0 Å². The molecule has 3 rings (SSSR count). The molecule has 21 heavy (non-hydrogen) atoms. The molecule has 0 aliphatic carbocycles. The summed E-state index contributed by atoms with van der Waals surface area (Å²) in [6, 6.07) is 4.13. The van der Waals surface area contributed by atoms with Crippen LogP contribution >= 0.6 is 0 Å². The average Bonchev–Trinajstić information content (AvgIpc) is 2.86. The van der Waals surface area contributed by atoms with Gasteiger partial charge in [0.25, 0.3) is 0 Å². The van der Waals surface area contributed by atoms with Gasteiger partial charge in [-0.2, -0.15) is 0 Å². The van der Waals surface area contributed by atoms with Crippen molar-refractivity contribution in [3.63, 3.8) is 0 Å². The number of fused-ring (bicyclic) bond motifs is 1. The summed E-state index contributed by atoms with van der Waals surface area (Å²) in [6.07, 6.45) is 1.39. The fraction of sp³-hybridized carbons (Fsp3) is 0.467. The Bertz CT molecular complexity index is 590. The smallest absolute Gasteiger partial charge is 0.246 e. The molecule has 1 N–H and O–H groups in total. The maximum atomic E-state index is 13.1. The maximum absolute atomic E-state index is 13.1. The van der Waals surface area contributed by atoms with Crippen molar-refractivity contribution in [1.29, 1.82) is 0 Å². The molecule has 2 aliphatic rings. The van der Waals surface area contributed by atoms with Crippen molar-refractivity contribution >= 4 is 11.8 Å². The molecule has 5 nitrogen and oxygen atoms in total. The summed E-state index contributed by atoms with van der Waals surface area (Å²) in [6.45, 7) is 0.495. The Morgan fingerprint density at radius 3 is 3.05 bits per heavy atom. The summed E-state index contributed by atoms with van der Waals surface area (Å²) in [5.41, 5.74) is 0.851. The topological polar surface area (TPSA) is 58.6 Å². The number of benzene rings is 1. The highest BCUT2D eigenvalue weighted by Crippen LogP contribution is 2.29. The molecule has 0 saturated carbocycles. The molecule has 1 saturated heterocycles. The van der Waals surface area contributed by atoms with E-state index in [1.165, 1.54) is 24.1 Å². The van der Waals surface area contributed by atoms with Gasteiger partial charge in [-0.15, -0.1) is 0 Å². The number of ether oxygens (including phenoxy) is 1. The molecule has 1 aromatic carbocycles. The van der Waals surface area contributed by atoms with Gasteiger partial charge in [-0.25, -0.2) is 4.39 Å². The number of nitrogens with zero attached hydrogens (tertiary/aromatic N) is 1. The van der Waals surface area contributed by atoms with Crippen LogP contribution in [0.2, 0.25) is 0 Å². The molecule has 0 aromatic heterocycles. The summed E-state index contributed by atoms with van der Waals surface area (Å²) < 4.78 is 18.9. The molecular weight excluding hydrogens is 275 g/mol. The highest BCUT2D eigenvalue weighted by Gasteiger charge is 2.32. The van der Waals surface area contributed by atoms with Crippen LogP contribution in [0.25, 0.3) is 0 Å². The zero-order chi connectivity index (χ0) is 15.0. The number of carbonyl (C=O) groups is 2. The Morgan fingerprint density at radius 2 is 2.24 bits per heavy atom. The quantitative estimate of drug-likeness (QED) is 0.840. The van der Waals surface area contributed by atoms with Gasteiger partial charge < -0.3 is 10.1 Å². The number of imide groups is 1. The van der Waals surface area contributed by atoms with Gasteiger partial charge >= 0.3 is 0 Å². The number of nitrogens with one attached hydrogen (secondary N) is 1. The van der Waals surface area contributed by atoms with E-state index in [2.05, 4.69) is 5.32 Å². The standard InChI is InChI=1S/C15H17FN2O3/c1-18-14(19)5-3-12(15(18)20)17-8-11-7-9-6-10(16)2-4-13(9)21-11/h2,4,6,11-12,17H,3,5,7-8H2,1H3. The van der Waals surface area contributed by atoms with Crippen LogP contribution in [0.15, 0.2) is 18.2 Å². The lowest BCUT2D eigenvalue weighted by Crippen LogP contribution is -2.53. The van der Waals surface area contributed by atoms with E-state index in [0.29, 0.717) is 31.6 Å². The molecule has 0 bridgehead atoms. The summed E-state index contributed by atoms with van der Waals surface area (Å²) in [7, 11) is 1.50. The van der Waals surface area contributed by atoms with Crippen LogP contribution in [0.1, 0.15) is 18.4 Å². The van der Waals surface area contributed by atoms with Crippen molar-refractivity contribution < 1.29 is 18.7 Å². The van der Waals surface area contributed by atoms with E-state index < -0.39 is 0 Å². The molecule has 2 unspecified atom stereocenters. The van der Waals surface area contributed by atoms with Gasteiger partial charge in [-0.1, -0.05) is 0 Å². The van der Waals surface area contributed by atoms with Crippen molar-refractivity contribution in [2.24, 2.45) is 0 Å². The molecule has 1 fully saturated rings. The van der Waals surface area contributed by atoms with Crippen LogP contribution in [0.4, 0.5) is 4.39 Å². The van der Waals surface area contributed by atoms with Gasteiger partial charge in [0.15, 0.2) is 0 Å². The summed E-state index contributed by atoms with van der Waals surface area (Å²) in [4.78, 5) is 24.5. The minimum absolute atomic E-state index is 0.113. The highest BCUT2D eigenvalue weighted by molar-refractivity contribution is 6.00. The fourth-order valence-corrected chi connectivity index (χ4v) is 2.78. The predicted molar refractivity (Wildman–Crippen MR) is 73.3 cm³/mol. The highest BCUT2D eigenvalue weighted by atomic mass is 19.1. The Balaban J connectivity index is 1.55. The summed E-state index contributed by atoms with van der Waals surface area (Å²) in [5, 5.41) is 3.15. The van der Waals surface area contributed by atoms with Crippen molar-refractivity contribution in [1.82, 2.24) is 10.2 Å². The zero-order valence-electron chi connectivity index (χ0n) is 11.8. The molecule has 6 heteroatoms. The van der Waals surface area contributed by atoms with E-state index in [9.17, 15) is 14.0 Å². The molecule has 2 amide bonds. The van der Waals surface area contributed by atoms with Crippen LogP contribution in [0.3, 0.4) is 0 Å². The number of hydrogen-bond acceptors (Lipinski definition) is 4. The van der Waals surface area contributed by atoms with Gasteiger partial charge in [0, 0.05) is 32.0 Å². The number of carbonyl (C=O) groups excluding carboxylic acids is 2. The van der Waals surface area contributed by atoms with Crippen LogP contribution < -0.4 is 10.1 Å². The molecule has 2 aliphatic heterocycles. The van der Waals surface area contributed by atoms with Crippen LogP contribution in [0, 0.1) is 5.82 Å². The summed E-state index contributed by atoms with van der Waals surface area (Å²) in [5.74, 6) is 0.0878. The molecule has 1 aromatic rings. The number of hydrogen-bond donors (Lipinski definition) is 1. The maximum Gasteiger partial charge on any atom is 0.246 e. The Kier molecular flexibility index (Phi) is 3.63. The number of rotatable bonds is 3. The third-order valence-corrected chi connectivity index (χ3v) is 4.01. The fourth-order valence-electron chi connectivity index (χ4n) is 2.78. The van der Waals surface area contributed by atoms with Gasteiger partial charge in [-0.05, 0) is 24.6 Å². The number of piperidine rings is 1. The van der Waals surface area contributed by atoms with Crippen molar-refractivity contribution in [2.75, 3.05) is 13.6 Å². The van der Waals surface area contributed by atoms with Crippen molar-refractivity contribution in [3.05, 3.63) is 29.6 Å². The first-order valence-corrected chi connectivity index (χ1v) is 7.03. The van der Waals surface area contributed by atoms with Gasteiger partial charge in [0.1, 0.15) is 17.7 Å². The van der Waals surface area contributed by atoms with Gasteiger partial charge in [0.05, 0.1) is 6.04 Å². The van der Waals surface area contributed by atoms with Crippen LogP contribution in [0.5, 0.6) is 5.75 Å². The van der Waals surface area contributed by atoms with E-state index in [4.69, 9.17) is 4.74 Å². The lowest BCUT2D eigenvalue weighted by molar-refractivity contribution is -0.148. The van der Waals surface area contributed by atoms with Gasteiger partial charge in [0.2, 0.25) is 11.8 Å².